The largest absolute Gasteiger partial charge is 0.487 e. The Kier molecular flexibility index (Phi) is 7.14. The molecule has 0 radical (unpaired) electrons. The molecule has 2 aromatic carbocycles. The summed E-state index contributed by atoms with van der Waals surface area (Å²) in [4.78, 5) is 37.7. The lowest BCUT2D eigenvalue weighted by molar-refractivity contribution is -0.125. The third kappa shape index (κ3) is 4.76. The Balaban J connectivity index is 1.50. The lowest BCUT2D eigenvalue weighted by Gasteiger charge is -2.25. The highest BCUT2D eigenvalue weighted by molar-refractivity contribution is 6.42. The number of nitrogens with zero attached hydrogens (tertiary/aromatic N) is 4. The molecule has 176 valence electrons. The van der Waals surface area contributed by atoms with E-state index in [4.69, 9.17) is 27.9 Å². The summed E-state index contributed by atoms with van der Waals surface area (Å²) in [5.41, 5.74) is 2.42. The standard InChI is InChI=1S/C23H21Cl2N5O4/c1-26-22(32)20(5-3-9-31)29-12-17-16(23(29)33)4-2-6-21(17)34-13-14-11-30(28-27-14)15-7-8-18(24)19(25)10-15/h2,4,6-11,20H,3,5,12-13H2,1H3,(H,26,32). The summed E-state index contributed by atoms with van der Waals surface area (Å²) < 4.78 is 7.53. The summed E-state index contributed by atoms with van der Waals surface area (Å²) in [5.74, 6) is -0.0709. The summed E-state index contributed by atoms with van der Waals surface area (Å²) in [7, 11) is 1.50. The van der Waals surface area contributed by atoms with Crippen molar-refractivity contribution < 1.29 is 19.1 Å². The number of carbonyl (C=O) groups is 3. The third-order valence-electron chi connectivity index (χ3n) is 5.52. The minimum Gasteiger partial charge on any atom is -0.487 e. The van der Waals surface area contributed by atoms with Gasteiger partial charge < -0.3 is 19.7 Å². The number of hydrogen-bond acceptors (Lipinski definition) is 6. The summed E-state index contributed by atoms with van der Waals surface area (Å²) in [5, 5.41) is 11.6. The van der Waals surface area contributed by atoms with Crippen LogP contribution in [0.2, 0.25) is 10.0 Å². The van der Waals surface area contributed by atoms with Crippen LogP contribution in [0.3, 0.4) is 0 Å². The van der Waals surface area contributed by atoms with Crippen molar-refractivity contribution in [1.82, 2.24) is 25.2 Å². The Bertz CT molecular complexity index is 1250. The van der Waals surface area contributed by atoms with Gasteiger partial charge in [-0.1, -0.05) is 34.5 Å². The molecule has 0 spiro atoms. The second-order valence-electron chi connectivity index (χ2n) is 7.63. The molecule has 1 aliphatic heterocycles. The predicted molar refractivity (Wildman–Crippen MR) is 125 cm³/mol. The van der Waals surface area contributed by atoms with E-state index < -0.39 is 6.04 Å². The van der Waals surface area contributed by atoms with E-state index in [0.29, 0.717) is 38.3 Å². The number of aromatic nitrogens is 3. The minimum absolute atomic E-state index is 0.121. The van der Waals surface area contributed by atoms with Gasteiger partial charge in [-0.25, -0.2) is 4.68 Å². The molecule has 1 atom stereocenters. The Morgan fingerprint density at radius 2 is 2.09 bits per heavy atom. The maximum Gasteiger partial charge on any atom is 0.255 e. The molecule has 0 saturated carbocycles. The highest BCUT2D eigenvalue weighted by Crippen LogP contribution is 2.33. The molecule has 34 heavy (non-hydrogen) atoms. The molecule has 4 rings (SSSR count). The van der Waals surface area contributed by atoms with Crippen molar-refractivity contribution in [3.63, 3.8) is 0 Å². The van der Waals surface area contributed by atoms with Crippen molar-refractivity contribution in [3.8, 4) is 11.4 Å². The number of carbonyl (C=O) groups excluding carboxylic acids is 3. The van der Waals surface area contributed by atoms with Gasteiger partial charge in [0.25, 0.3) is 5.91 Å². The fourth-order valence-corrected chi connectivity index (χ4v) is 4.10. The van der Waals surface area contributed by atoms with Crippen LogP contribution in [0, 0.1) is 0 Å². The first kappa shape index (κ1) is 23.7. The highest BCUT2D eigenvalue weighted by atomic mass is 35.5. The van der Waals surface area contributed by atoms with Crippen LogP contribution in [0.4, 0.5) is 0 Å². The zero-order valence-corrected chi connectivity index (χ0v) is 19.7. The zero-order valence-electron chi connectivity index (χ0n) is 18.2. The van der Waals surface area contributed by atoms with Gasteiger partial charge in [0.2, 0.25) is 5.91 Å². The van der Waals surface area contributed by atoms with Crippen LogP contribution in [-0.4, -0.2) is 51.1 Å². The number of benzene rings is 2. The molecule has 1 N–H and O–H groups in total. The topological polar surface area (TPSA) is 106 Å². The van der Waals surface area contributed by atoms with Crippen LogP contribution >= 0.6 is 23.2 Å². The SMILES string of the molecule is CNC(=O)C(CCC=O)N1Cc2c(OCc3cn(-c4ccc(Cl)c(Cl)c4)nn3)cccc2C1=O. The van der Waals surface area contributed by atoms with E-state index in [1.807, 2.05) is 0 Å². The number of aldehydes is 1. The van der Waals surface area contributed by atoms with Crippen molar-refractivity contribution in [2.75, 3.05) is 7.05 Å². The van der Waals surface area contributed by atoms with E-state index in [0.717, 1.165) is 6.29 Å². The Morgan fingerprint density at radius 3 is 2.82 bits per heavy atom. The molecular formula is C23H21Cl2N5O4. The van der Waals surface area contributed by atoms with Gasteiger partial charge in [0, 0.05) is 24.6 Å². The van der Waals surface area contributed by atoms with Gasteiger partial charge in [0.15, 0.2) is 0 Å². The third-order valence-corrected chi connectivity index (χ3v) is 6.26. The van der Waals surface area contributed by atoms with Crippen molar-refractivity contribution in [2.24, 2.45) is 0 Å². The van der Waals surface area contributed by atoms with E-state index >= 15 is 0 Å². The first-order valence-corrected chi connectivity index (χ1v) is 11.3. The molecular weight excluding hydrogens is 481 g/mol. The molecule has 0 bridgehead atoms. The molecule has 1 aliphatic rings. The molecule has 3 aromatic rings. The number of fused-ring (bicyclic) bond motifs is 1. The van der Waals surface area contributed by atoms with Crippen LogP contribution < -0.4 is 10.1 Å². The minimum atomic E-state index is -0.742. The predicted octanol–water partition coefficient (Wildman–Crippen LogP) is 3.20. The molecule has 0 aliphatic carbocycles. The summed E-state index contributed by atoms with van der Waals surface area (Å²) in [6, 6.07) is 9.57. The Morgan fingerprint density at radius 1 is 1.26 bits per heavy atom. The highest BCUT2D eigenvalue weighted by Gasteiger charge is 2.37. The van der Waals surface area contributed by atoms with E-state index in [9.17, 15) is 14.4 Å². The second-order valence-corrected chi connectivity index (χ2v) is 8.45. The number of amides is 2. The number of halogens is 2. The average molecular weight is 502 g/mol. The summed E-state index contributed by atoms with van der Waals surface area (Å²) in [6.07, 6.45) is 2.87. The van der Waals surface area contributed by atoms with Crippen molar-refractivity contribution in [1.29, 1.82) is 0 Å². The van der Waals surface area contributed by atoms with Gasteiger partial charge in [-0.05, 0) is 36.8 Å². The van der Waals surface area contributed by atoms with Crippen LogP contribution in [-0.2, 0) is 22.7 Å². The van der Waals surface area contributed by atoms with Crippen LogP contribution in [0.15, 0.2) is 42.6 Å². The number of likely N-dealkylation sites (N-methyl/N-ethyl adjacent to an activating group) is 1. The summed E-state index contributed by atoms with van der Waals surface area (Å²) in [6.45, 7) is 0.327. The van der Waals surface area contributed by atoms with Gasteiger partial charge in [-0.15, -0.1) is 5.10 Å². The maximum atomic E-state index is 13.0. The van der Waals surface area contributed by atoms with E-state index in [1.165, 1.54) is 11.9 Å². The fourth-order valence-electron chi connectivity index (χ4n) is 3.80. The molecule has 0 saturated heterocycles. The molecule has 2 heterocycles. The maximum absolute atomic E-state index is 13.0. The number of hydrogen-bond donors (Lipinski definition) is 1. The van der Waals surface area contributed by atoms with Gasteiger partial charge >= 0.3 is 0 Å². The first-order valence-electron chi connectivity index (χ1n) is 10.5. The number of ether oxygens (including phenoxy) is 1. The Labute approximate surface area is 205 Å². The fraction of sp³-hybridized carbons (Fsp3) is 0.261. The first-order chi connectivity index (χ1) is 16.4. The van der Waals surface area contributed by atoms with E-state index in [-0.39, 0.29) is 37.8 Å². The Hall–Kier alpha value is -3.43. The molecule has 1 aromatic heterocycles. The lowest BCUT2D eigenvalue weighted by Crippen LogP contribution is -2.46. The molecule has 9 nitrogen and oxygen atoms in total. The monoisotopic (exact) mass is 501 g/mol. The quantitative estimate of drug-likeness (QED) is 0.451. The second kappa shape index (κ2) is 10.2. The number of rotatable bonds is 9. The normalized spacial score (nSPS) is 13.5. The van der Waals surface area contributed by atoms with Gasteiger partial charge in [0.1, 0.15) is 30.4 Å². The lowest BCUT2D eigenvalue weighted by atomic mass is 10.1. The van der Waals surface area contributed by atoms with Crippen molar-refractivity contribution in [3.05, 3.63) is 69.5 Å². The smallest absolute Gasteiger partial charge is 0.255 e. The number of nitrogens with one attached hydrogen (secondary N) is 1. The van der Waals surface area contributed by atoms with Crippen molar-refractivity contribution >= 4 is 41.3 Å². The van der Waals surface area contributed by atoms with Crippen molar-refractivity contribution in [2.45, 2.75) is 32.0 Å². The van der Waals surface area contributed by atoms with Crippen LogP contribution in [0.25, 0.3) is 5.69 Å². The van der Waals surface area contributed by atoms with Gasteiger partial charge in [-0.3, -0.25) is 9.59 Å². The molecule has 2 amide bonds. The average Bonchev–Trinajstić information content (AvgIpc) is 3.45. The molecule has 0 fully saturated rings. The molecule has 11 heteroatoms. The summed E-state index contributed by atoms with van der Waals surface area (Å²) >= 11 is 12.0. The van der Waals surface area contributed by atoms with Gasteiger partial charge in [-0.2, -0.15) is 0 Å². The molecule has 1 unspecified atom stereocenters. The van der Waals surface area contributed by atoms with Crippen LogP contribution in [0.5, 0.6) is 5.75 Å². The van der Waals surface area contributed by atoms with Gasteiger partial charge in [0.05, 0.1) is 28.5 Å². The van der Waals surface area contributed by atoms with E-state index in [2.05, 4.69) is 15.6 Å². The zero-order chi connectivity index (χ0) is 24.2. The van der Waals surface area contributed by atoms with Crippen LogP contribution in [0.1, 0.15) is 34.5 Å². The van der Waals surface area contributed by atoms with E-state index in [1.54, 1.807) is 47.3 Å².